The van der Waals surface area contributed by atoms with Gasteiger partial charge in [-0.15, -0.1) is 11.3 Å². The topological polar surface area (TPSA) is 40.5 Å². The van der Waals surface area contributed by atoms with E-state index < -0.39 is 0 Å². The first-order valence-electron chi connectivity index (χ1n) is 7.65. The van der Waals surface area contributed by atoms with Crippen LogP contribution >= 0.6 is 11.3 Å². The summed E-state index contributed by atoms with van der Waals surface area (Å²) in [5, 5.41) is 6.49. The van der Waals surface area contributed by atoms with Crippen LogP contribution in [0.25, 0.3) is 0 Å². The van der Waals surface area contributed by atoms with Crippen LogP contribution in [0.4, 0.5) is 4.39 Å². The first-order valence-corrected chi connectivity index (χ1v) is 8.53. The quantitative estimate of drug-likeness (QED) is 0.501. The fraction of sp³-hybridized carbons (Fsp3) is 0.412. The van der Waals surface area contributed by atoms with Gasteiger partial charge in [0, 0.05) is 26.0 Å². The molecule has 0 aliphatic rings. The van der Waals surface area contributed by atoms with E-state index in [4.69, 9.17) is 0 Å². The van der Waals surface area contributed by atoms with Crippen molar-refractivity contribution in [3.8, 4) is 0 Å². The lowest BCUT2D eigenvalue weighted by molar-refractivity contribution is 0.470. The van der Waals surface area contributed by atoms with Gasteiger partial charge in [0.2, 0.25) is 0 Å². The van der Waals surface area contributed by atoms with Crippen molar-refractivity contribution in [2.45, 2.75) is 26.3 Å². The summed E-state index contributed by atoms with van der Waals surface area (Å²) in [7, 11) is 3.77. The Labute approximate surface area is 141 Å². The highest BCUT2D eigenvalue weighted by Gasteiger charge is 2.08. The van der Waals surface area contributed by atoms with Crippen LogP contribution in [0.5, 0.6) is 0 Å². The van der Waals surface area contributed by atoms with E-state index in [0.29, 0.717) is 0 Å². The van der Waals surface area contributed by atoms with Crippen molar-refractivity contribution in [2.75, 3.05) is 20.6 Å². The molecule has 0 spiro atoms. The molecule has 23 heavy (non-hydrogen) atoms. The molecular formula is C17H23FN4S. The van der Waals surface area contributed by atoms with Gasteiger partial charge in [-0.1, -0.05) is 12.1 Å². The van der Waals surface area contributed by atoms with Gasteiger partial charge in [0.1, 0.15) is 5.82 Å². The average molecular weight is 334 g/mol. The summed E-state index contributed by atoms with van der Waals surface area (Å²) < 4.78 is 13.1. The Bertz CT molecular complexity index is 654. The molecule has 0 saturated carbocycles. The van der Waals surface area contributed by atoms with Gasteiger partial charge < -0.3 is 10.2 Å². The molecule has 1 heterocycles. The lowest BCUT2D eigenvalue weighted by Gasteiger charge is -2.21. The lowest BCUT2D eigenvalue weighted by Crippen LogP contribution is -2.39. The maximum absolute atomic E-state index is 13.1. The van der Waals surface area contributed by atoms with Gasteiger partial charge in [-0.2, -0.15) is 0 Å². The van der Waals surface area contributed by atoms with Crippen LogP contribution in [-0.2, 0) is 13.0 Å². The number of hydrogen-bond acceptors (Lipinski definition) is 3. The summed E-state index contributed by atoms with van der Waals surface area (Å²) in [4.78, 5) is 10.8. The molecule has 2 aromatic rings. The van der Waals surface area contributed by atoms with Gasteiger partial charge in [-0.3, -0.25) is 4.99 Å². The Kier molecular flexibility index (Phi) is 6.52. The summed E-state index contributed by atoms with van der Waals surface area (Å²) in [6.07, 6.45) is 1.77. The molecule has 0 fully saturated rings. The van der Waals surface area contributed by atoms with Gasteiger partial charge in [0.05, 0.1) is 17.2 Å². The molecule has 0 saturated heterocycles. The second-order valence-electron chi connectivity index (χ2n) is 5.42. The molecule has 124 valence electrons. The third-order valence-electron chi connectivity index (χ3n) is 3.45. The Morgan fingerprint density at radius 1 is 1.43 bits per heavy atom. The molecular weight excluding hydrogens is 311 g/mol. The largest absolute Gasteiger partial charge is 0.356 e. The predicted molar refractivity (Wildman–Crippen MR) is 94.4 cm³/mol. The van der Waals surface area contributed by atoms with Crippen molar-refractivity contribution in [1.29, 1.82) is 0 Å². The zero-order chi connectivity index (χ0) is 16.7. The van der Waals surface area contributed by atoms with Gasteiger partial charge in [-0.25, -0.2) is 9.37 Å². The number of guanidine groups is 1. The van der Waals surface area contributed by atoms with E-state index in [9.17, 15) is 4.39 Å². The van der Waals surface area contributed by atoms with Gasteiger partial charge in [0.15, 0.2) is 5.96 Å². The summed E-state index contributed by atoms with van der Waals surface area (Å²) >= 11 is 1.66. The number of aliphatic imine (C=N–C) groups is 1. The molecule has 0 atom stereocenters. The Morgan fingerprint density at radius 3 is 2.91 bits per heavy atom. The number of rotatable bonds is 6. The van der Waals surface area contributed by atoms with E-state index >= 15 is 0 Å². The summed E-state index contributed by atoms with van der Waals surface area (Å²) in [6, 6.07) is 6.76. The van der Waals surface area contributed by atoms with Crippen LogP contribution in [0.3, 0.4) is 0 Å². The number of thiazole rings is 1. The highest BCUT2D eigenvalue weighted by atomic mass is 32.1. The van der Waals surface area contributed by atoms with E-state index in [1.165, 1.54) is 6.07 Å². The SMILES string of the molecule is CN=C(NCCCc1cccc(F)c1)N(C)Cc1csc(C)n1. The highest BCUT2D eigenvalue weighted by Crippen LogP contribution is 2.10. The number of halogens is 1. The molecule has 1 aromatic heterocycles. The van der Waals surface area contributed by atoms with Gasteiger partial charge in [-0.05, 0) is 37.5 Å². The van der Waals surface area contributed by atoms with Crippen LogP contribution < -0.4 is 5.32 Å². The number of nitrogens with one attached hydrogen (secondary N) is 1. The number of aryl methyl sites for hydroxylation is 2. The number of aromatic nitrogens is 1. The van der Waals surface area contributed by atoms with E-state index in [2.05, 4.69) is 25.6 Å². The minimum absolute atomic E-state index is 0.176. The minimum Gasteiger partial charge on any atom is -0.356 e. The molecule has 0 radical (unpaired) electrons. The van der Waals surface area contributed by atoms with Crippen LogP contribution in [0, 0.1) is 12.7 Å². The fourth-order valence-electron chi connectivity index (χ4n) is 2.37. The maximum atomic E-state index is 13.1. The van der Waals surface area contributed by atoms with E-state index in [1.807, 2.05) is 20.0 Å². The Hall–Kier alpha value is -1.95. The smallest absolute Gasteiger partial charge is 0.193 e. The first kappa shape index (κ1) is 17.4. The molecule has 1 aromatic carbocycles. The number of hydrogen-bond donors (Lipinski definition) is 1. The van der Waals surface area contributed by atoms with E-state index in [1.54, 1.807) is 30.5 Å². The summed E-state index contributed by atoms with van der Waals surface area (Å²) in [6.45, 7) is 3.53. The third kappa shape index (κ3) is 5.63. The standard InChI is InChI=1S/C17H23FN4S/c1-13-21-16(12-23-13)11-22(3)17(19-2)20-9-5-7-14-6-4-8-15(18)10-14/h4,6,8,10,12H,5,7,9,11H2,1-3H3,(H,19,20). The normalized spacial score (nSPS) is 11.6. The lowest BCUT2D eigenvalue weighted by atomic mass is 10.1. The van der Waals surface area contributed by atoms with Crippen LogP contribution in [-0.4, -0.2) is 36.5 Å². The second-order valence-corrected chi connectivity index (χ2v) is 6.48. The predicted octanol–water partition coefficient (Wildman–Crippen LogP) is 3.23. The van der Waals surface area contributed by atoms with Crippen molar-refractivity contribution in [3.05, 3.63) is 51.7 Å². The second kappa shape index (κ2) is 8.62. The zero-order valence-corrected chi connectivity index (χ0v) is 14.7. The van der Waals surface area contributed by atoms with Crippen molar-refractivity contribution < 1.29 is 4.39 Å². The fourth-order valence-corrected chi connectivity index (χ4v) is 2.97. The van der Waals surface area contributed by atoms with Crippen LogP contribution in [0.2, 0.25) is 0 Å². The highest BCUT2D eigenvalue weighted by molar-refractivity contribution is 7.09. The number of benzene rings is 1. The zero-order valence-electron chi connectivity index (χ0n) is 13.8. The Balaban J connectivity index is 1.76. The summed E-state index contributed by atoms with van der Waals surface area (Å²) in [5.41, 5.74) is 2.07. The molecule has 0 bridgehead atoms. The van der Waals surface area contributed by atoms with Crippen molar-refractivity contribution >= 4 is 17.3 Å². The molecule has 1 N–H and O–H groups in total. The molecule has 0 unspecified atom stereocenters. The van der Waals surface area contributed by atoms with Crippen molar-refractivity contribution in [2.24, 2.45) is 4.99 Å². The summed E-state index contributed by atoms with van der Waals surface area (Å²) in [5.74, 6) is 0.666. The van der Waals surface area contributed by atoms with Gasteiger partial charge in [0.25, 0.3) is 0 Å². The third-order valence-corrected chi connectivity index (χ3v) is 4.28. The minimum atomic E-state index is -0.176. The molecule has 0 aliphatic carbocycles. The van der Waals surface area contributed by atoms with Crippen molar-refractivity contribution in [3.63, 3.8) is 0 Å². The molecule has 2 rings (SSSR count). The first-order chi connectivity index (χ1) is 11.1. The molecule has 6 heteroatoms. The molecule has 0 aliphatic heterocycles. The van der Waals surface area contributed by atoms with Crippen LogP contribution in [0.1, 0.15) is 22.7 Å². The van der Waals surface area contributed by atoms with Gasteiger partial charge >= 0.3 is 0 Å². The maximum Gasteiger partial charge on any atom is 0.193 e. The average Bonchev–Trinajstić information content (AvgIpc) is 2.92. The molecule has 0 amide bonds. The van der Waals surface area contributed by atoms with Crippen molar-refractivity contribution in [1.82, 2.24) is 15.2 Å². The number of nitrogens with zero attached hydrogens (tertiary/aromatic N) is 3. The monoisotopic (exact) mass is 334 g/mol. The van der Waals surface area contributed by atoms with Crippen LogP contribution in [0.15, 0.2) is 34.6 Å². The van der Waals surface area contributed by atoms with E-state index in [-0.39, 0.29) is 5.82 Å². The Morgan fingerprint density at radius 2 is 2.26 bits per heavy atom. The molecule has 4 nitrogen and oxygen atoms in total. The van der Waals surface area contributed by atoms with E-state index in [0.717, 1.165) is 48.2 Å².